The minimum Gasteiger partial charge on any atom is -0.443 e. The number of carbonyl (C=O) groups is 1. The summed E-state index contributed by atoms with van der Waals surface area (Å²) in [6.45, 7) is 6.14. The highest BCUT2D eigenvalue weighted by atomic mass is 32.1. The average molecular weight is 421 g/mol. The third-order valence-electron chi connectivity index (χ3n) is 4.59. The van der Waals surface area contributed by atoms with Crippen molar-refractivity contribution in [2.45, 2.75) is 26.4 Å². The van der Waals surface area contributed by atoms with E-state index in [-0.39, 0.29) is 6.09 Å². The van der Waals surface area contributed by atoms with E-state index in [9.17, 15) is 4.79 Å². The standard InChI is InChI=1S/C23H24N4O2S/c1-23(2,3)29-22(28)27(4)20-10-8-16(14-25-20)18-9-7-15-12-19(30-21(15)26-18)17-6-5-11-24-13-17/h5-13,25H,14H2,1-4H3. The number of fused-ring (bicyclic) bond motifs is 1. The van der Waals surface area contributed by atoms with Crippen LogP contribution in [0.4, 0.5) is 4.79 Å². The van der Waals surface area contributed by atoms with Crippen molar-refractivity contribution in [3.8, 4) is 10.4 Å². The van der Waals surface area contributed by atoms with E-state index in [0.29, 0.717) is 12.4 Å². The van der Waals surface area contributed by atoms with Crippen molar-refractivity contribution in [2.24, 2.45) is 0 Å². The number of nitrogens with one attached hydrogen (secondary N) is 1. The molecule has 1 aliphatic rings. The summed E-state index contributed by atoms with van der Waals surface area (Å²) in [4.78, 5) is 24.9. The largest absolute Gasteiger partial charge is 0.443 e. The zero-order valence-corrected chi connectivity index (χ0v) is 18.3. The Morgan fingerprint density at radius 3 is 2.73 bits per heavy atom. The summed E-state index contributed by atoms with van der Waals surface area (Å²) < 4.78 is 5.42. The third kappa shape index (κ3) is 4.36. The van der Waals surface area contributed by atoms with E-state index in [0.717, 1.165) is 31.9 Å². The van der Waals surface area contributed by atoms with Crippen molar-refractivity contribution in [1.82, 2.24) is 20.2 Å². The van der Waals surface area contributed by atoms with Crippen molar-refractivity contribution in [2.75, 3.05) is 13.6 Å². The predicted octanol–water partition coefficient (Wildman–Crippen LogP) is 5.05. The van der Waals surface area contributed by atoms with Gasteiger partial charge in [-0.1, -0.05) is 12.1 Å². The maximum Gasteiger partial charge on any atom is 0.415 e. The lowest BCUT2D eigenvalue weighted by atomic mass is 10.1. The molecule has 0 spiro atoms. The molecule has 0 atom stereocenters. The molecule has 0 saturated heterocycles. The highest BCUT2D eigenvalue weighted by Crippen LogP contribution is 2.33. The van der Waals surface area contributed by atoms with Gasteiger partial charge in [0.15, 0.2) is 0 Å². The number of ether oxygens (including phenoxy) is 1. The van der Waals surface area contributed by atoms with Crippen molar-refractivity contribution < 1.29 is 9.53 Å². The van der Waals surface area contributed by atoms with E-state index >= 15 is 0 Å². The monoisotopic (exact) mass is 420 g/mol. The normalized spacial score (nSPS) is 14.0. The number of nitrogens with zero attached hydrogens (tertiary/aromatic N) is 3. The third-order valence-corrected chi connectivity index (χ3v) is 5.68. The second-order valence-electron chi connectivity index (χ2n) is 8.08. The summed E-state index contributed by atoms with van der Waals surface area (Å²) in [7, 11) is 1.70. The first-order valence-corrected chi connectivity index (χ1v) is 10.5. The fraction of sp³-hybridized carbons (Fsp3) is 0.261. The first kappa shape index (κ1) is 20.1. The van der Waals surface area contributed by atoms with Crippen LogP contribution < -0.4 is 5.32 Å². The van der Waals surface area contributed by atoms with Gasteiger partial charge in [0.05, 0.1) is 5.69 Å². The number of thiophene rings is 1. The molecule has 4 heterocycles. The fourth-order valence-electron chi connectivity index (χ4n) is 3.07. The fourth-order valence-corrected chi connectivity index (χ4v) is 4.09. The maximum absolute atomic E-state index is 12.3. The summed E-state index contributed by atoms with van der Waals surface area (Å²) in [5.41, 5.74) is 2.55. The number of dihydropyridines is 1. The number of hydrogen-bond donors (Lipinski definition) is 1. The number of pyridine rings is 2. The van der Waals surface area contributed by atoms with E-state index in [1.165, 1.54) is 4.90 Å². The van der Waals surface area contributed by atoms with Crippen molar-refractivity contribution in [1.29, 1.82) is 0 Å². The summed E-state index contributed by atoms with van der Waals surface area (Å²) in [6.07, 6.45) is 7.13. The van der Waals surface area contributed by atoms with Crippen molar-refractivity contribution in [3.05, 3.63) is 66.4 Å². The summed E-state index contributed by atoms with van der Waals surface area (Å²) >= 11 is 1.66. The lowest BCUT2D eigenvalue weighted by Gasteiger charge is -2.28. The van der Waals surface area contributed by atoms with Gasteiger partial charge in [-0.2, -0.15) is 0 Å². The molecule has 0 radical (unpaired) electrons. The predicted molar refractivity (Wildman–Crippen MR) is 121 cm³/mol. The Morgan fingerprint density at radius 2 is 2.07 bits per heavy atom. The molecule has 0 fully saturated rings. The second-order valence-corrected chi connectivity index (χ2v) is 9.11. The average Bonchev–Trinajstić information content (AvgIpc) is 3.16. The van der Waals surface area contributed by atoms with Gasteiger partial charge in [0.2, 0.25) is 0 Å². The number of rotatable bonds is 3. The molecule has 0 unspecified atom stereocenters. The number of hydrogen-bond acceptors (Lipinski definition) is 6. The van der Waals surface area contributed by atoms with Crippen LogP contribution in [0.15, 0.2) is 60.7 Å². The Labute approximate surface area is 179 Å². The Bertz CT molecular complexity index is 1140. The van der Waals surface area contributed by atoms with Crippen LogP contribution in [-0.2, 0) is 4.74 Å². The smallest absolute Gasteiger partial charge is 0.415 e. The van der Waals surface area contributed by atoms with E-state index in [1.807, 2.05) is 51.3 Å². The summed E-state index contributed by atoms with van der Waals surface area (Å²) in [5, 5.41) is 4.40. The molecule has 30 heavy (non-hydrogen) atoms. The quantitative estimate of drug-likeness (QED) is 0.642. The molecule has 0 saturated carbocycles. The highest BCUT2D eigenvalue weighted by Gasteiger charge is 2.23. The number of allylic oxidation sites excluding steroid dienone is 2. The molecule has 6 nitrogen and oxygen atoms in total. The van der Waals surface area contributed by atoms with Gasteiger partial charge in [0.25, 0.3) is 0 Å². The molecule has 154 valence electrons. The Balaban J connectivity index is 1.55. The first-order valence-electron chi connectivity index (χ1n) is 9.73. The Morgan fingerprint density at radius 1 is 1.23 bits per heavy atom. The van der Waals surface area contributed by atoms with Gasteiger partial charge in [0.1, 0.15) is 16.3 Å². The zero-order valence-electron chi connectivity index (χ0n) is 17.5. The molecule has 4 rings (SSSR count). The van der Waals surface area contributed by atoms with Gasteiger partial charge in [0, 0.05) is 41.8 Å². The molecule has 0 aliphatic carbocycles. The summed E-state index contributed by atoms with van der Waals surface area (Å²) in [5.74, 6) is 0.698. The van der Waals surface area contributed by atoms with Crippen LogP contribution in [0.3, 0.4) is 0 Å². The van der Waals surface area contributed by atoms with Crippen molar-refractivity contribution >= 4 is 33.2 Å². The molecule has 3 aromatic rings. The van der Waals surface area contributed by atoms with Crippen LogP contribution in [-0.4, -0.2) is 40.2 Å². The van der Waals surface area contributed by atoms with Gasteiger partial charge < -0.3 is 10.1 Å². The van der Waals surface area contributed by atoms with Gasteiger partial charge in [-0.15, -0.1) is 11.3 Å². The second kappa shape index (κ2) is 7.91. The molecule has 1 amide bonds. The molecule has 0 bridgehead atoms. The van der Waals surface area contributed by atoms with Crippen LogP contribution in [0.1, 0.15) is 26.5 Å². The minimum atomic E-state index is -0.531. The molecule has 7 heteroatoms. The van der Waals surface area contributed by atoms with Gasteiger partial charge >= 0.3 is 6.09 Å². The lowest BCUT2D eigenvalue weighted by Crippen LogP contribution is -2.39. The van der Waals surface area contributed by atoms with E-state index in [4.69, 9.17) is 9.72 Å². The first-order chi connectivity index (χ1) is 14.3. The number of amides is 1. The SMILES string of the molecule is CN(C(=O)OC(C)(C)C)C1=CC=C(c2ccc3cc(-c4cccnc4)sc3n2)CN1. The molecule has 1 aliphatic heterocycles. The van der Waals surface area contributed by atoms with Crippen LogP contribution in [0.2, 0.25) is 0 Å². The number of aromatic nitrogens is 2. The maximum atomic E-state index is 12.3. The van der Waals surface area contributed by atoms with Crippen LogP contribution in [0.25, 0.3) is 26.2 Å². The van der Waals surface area contributed by atoms with E-state index < -0.39 is 5.60 Å². The molecular weight excluding hydrogens is 396 g/mol. The van der Waals surface area contributed by atoms with E-state index in [1.54, 1.807) is 24.6 Å². The number of carbonyl (C=O) groups excluding carboxylic acids is 1. The topological polar surface area (TPSA) is 67.4 Å². The zero-order chi connectivity index (χ0) is 21.3. The van der Waals surface area contributed by atoms with Gasteiger partial charge in [-0.25, -0.2) is 9.78 Å². The summed E-state index contributed by atoms with van der Waals surface area (Å²) in [6, 6.07) is 10.3. The van der Waals surface area contributed by atoms with Crippen LogP contribution in [0.5, 0.6) is 0 Å². The van der Waals surface area contributed by atoms with E-state index in [2.05, 4.69) is 28.5 Å². The minimum absolute atomic E-state index is 0.390. The Hall–Kier alpha value is -3.19. The van der Waals surface area contributed by atoms with Gasteiger partial charge in [-0.05, 0) is 56.7 Å². The van der Waals surface area contributed by atoms with Crippen LogP contribution >= 0.6 is 11.3 Å². The molecule has 0 aromatic carbocycles. The lowest BCUT2D eigenvalue weighted by molar-refractivity contribution is 0.0343. The highest BCUT2D eigenvalue weighted by molar-refractivity contribution is 7.21. The van der Waals surface area contributed by atoms with Gasteiger partial charge in [-0.3, -0.25) is 9.88 Å². The Kier molecular flexibility index (Phi) is 5.30. The molecule has 3 aromatic heterocycles. The molecular formula is C23H24N4O2S. The van der Waals surface area contributed by atoms with Crippen molar-refractivity contribution in [3.63, 3.8) is 0 Å². The molecule has 1 N–H and O–H groups in total. The van der Waals surface area contributed by atoms with Crippen LogP contribution in [0, 0.1) is 0 Å².